The van der Waals surface area contributed by atoms with Gasteiger partial charge in [0, 0.05) is 26.1 Å². The molecule has 0 aliphatic carbocycles. The molecule has 2 N–H and O–H groups in total. The highest BCUT2D eigenvalue weighted by molar-refractivity contribution is 6.28. The van der Waals surface area contributed by atoms with Gasteiger partial charge in [-0.25, -0.2) is 4.79 Å². The number of aryl methyl sites for hydroxylation is 1. The Morgan fingerprint density at radius 2 is 1.77 bits per heavy atom. The molecule has 0 saturated heterocycles. The Morgan fingerprint density at radius 3 is 2.52 bits per heavy atom. The molecule has 0 unspecified atom stereocenters. The summed E-state index contributed by atoms with van der Waals surface area (Å²) in [5.74, 6) is -0.0519. The number of rotatable bonds is 11. The second kappa shape index (κ2) is 10.9. The van der Waals surface area contributed by atoms with Crippen LogP contribution in [0.3, 0.4) is 0 Å². The van der Waals surface area contributed by atoms with Crippen molar-refractivity contribution in [2.75, 3.05) is 0 Å². The first-order chi connectivity index (χ1) is 15.0. The van der Waals surface area contributed by atoms with Gasteiger partial charge < -0.3 is 10.3 Å². The fourth-order valence-electron chi connectivity index (χ4n) is 3.50. The Morgan fingerprint density at radius 1 is 1.06 bits per heavy atom. The third kappa shape index (κ3) is 5.85. The molecule has 0 fully saturated rings. The molecule has 0 spiro atoms. The molecule has 0 radical (unpaired) electrons. The third-order valence-electron chi connectivity index (χ3n) is 5.19. The van der Waals surface area contributed by atoms with E-state index < -0.39 is 5.56 Å². The second-order valence-electron chi connectivity index (χ2n) is 7.54. The van der Waals surface area contributed by atoms with Crippen LogP contribution in [0.4, 0.5) is 0 Å². The van der Waals surface area contributed by atoms with Gasteiger partial charge in [0.05, 0.1) is 0 Å². The molecule has 0 bridgehead atoms. The molecule has 1 amide bonds. The average Bonchev–Trinajstić information content (AvgIpc) is 3.16. The molecular formula is C22H28ClN5O3. The molecular weight excluding hydrogens is 418 g/mol. The molecule has 9 heteroatoms. The van der Waals surface area contributed by atoms with Crippen LogP contribution >= 0.6 is 11.6 Å². The summed E-state index contributed by atoms with van der Waals surface area (Å²) in [4.78, 5) is 44.7. The number of fused-ring (bicyclic) bond motifs is 1. The largest absolute Gasteiger partial charge is 0.352 e. The minimum absolute atomic E-state index is 0.0519. The molecule has 0 saturated carbocycles. The van der Waals surface area contributed by atoms with Gasteiger partial charge in [0.25, 0.3) is 5.56 Å². The lowest BCUT2D eigenvalue weighted by Crippen LogP contribution is -2.40. The van der Waals surface area contributed by atoms with Crippen molar-refractivity contribution in [2.24, 2.45) is 0 Å². The second-order valence-corrected chi connectivity index (χ2v) is 7.90. The van der Waals surface area contributed by atoms with E-state index in [9.17, 15) is 14.4 Å². The smallest absolute Gasteiger partial charge is 0.332 e. The maximum atomic E-state index is 12.9. The van der Waals surface area contributed by atoms with Gasteiger partial charge in [-0.05, 0) is 36.4 Å². The summed E-state index contributed by atoms with van der Waals surface area (Å²) in [5, 5.41) is 2.97. The van der Waals surface area contributed by atoms with Crippen LogP contribution in [-0.4, -0.2) is 25.0 Å². The topological polar surface area (TPSA) is 102 Å². The van der Waals surface area contributed by atoms with Crippen LogP contribution in [0.2, 0.25) is 5.28 Å². The van der Waals surface area contributed by atoms with Gasteiger partial charge in [-0.15, -0.1) is 0 Å². The number of unbranched alkanes of at least 4 members (excludes halogenated alkanes) is 3. The predicted molar refractivity (Wildman–Crippen MR) is 121 cm³/mol. The van der Waals surface area contributed by atoms with E-state index in [2.05, 4.69) is 22.2 Å². The van der Waals surface area contributed by atoms with Crippen LogP contribution in [0, 0.1) is 0 Å². The first-order valence-electron chi connectivity index (χ1n) is 10.7. The van der Waals surface area contributed by atoms with Gasteiger partial charge in [-0.1, -0.05) is 50.1 Å². The Labute approximate surface area is 185 Å². The average molecular weight is 446 g/mol. The van der Waals surface area contributed by atoms with Crippen LogP contribution in [0.25, 0.3) is 11.2 Å². The number of halogens is 1. The van der Waals surface area contributed by atoms with E-state index in [1.54, 1.807) is 0 Å². The monoisotopic (exact) mass is 445 g/mol. The summed E-state index contributed by atoms with van der Waals surface area (Å²) in [7, 11) is 0. The van der Waals surface area contributed by atoms with E-state index in [1.807, 2.05) is 30.3 Å². The molecule has 2 aromatic heterocycles. The van der Waals surface area contributed by atoms with Crippen molar-refractivity contribution in [3.8, 4) is 0 Å². The van der Waals surface area contributed by atoms with Gasteiger partial charge in [0.15, 0.2) is 11.2 Å². The molecule has 166 valence electrons. The molecule has 1 aromatic carbocycles. The van der Waals surface area contributed by atoms with Crippen LogP contribution < -0.4 is 16.6 Å². The number of aromatic amines is 1. The Bertz CT molecular complexity index is 1130. The summed E-state index contributed by atoms with van der Waals surface area (Å²) >= 11 is 5.95. The molecule has 0 aliphatic rings. The molecule has 0 atom stereocenters. The SMILES string of the molecule is CCCCCn1c(=O)n(CCCCC(=O)NCc2ccccc2)c(=O)c2[nH]c(Cl)nc21. The zero-order valence-electron chi connectivity index (χ0n) is 17.7. The number of hydrogen-bond acceptors (Lipinski definition) is 4. The molecule has 8 nitrogen and oxygen atoms in total. The minimum Gasteiger partial charge on any atom is -0.352 e. The number of imidazole rings is 1. The Kier molecular flexibility index (Phi) is 8.06. The number of carbonyl (C=O) groups is 1. The van der Waals surface area contributed by atoms with Crippen LogP contribution in [0.1, 0.15) is 51.0 Å². The van der Waals surface area contributed by atoms with Gasteiger partial charge in [-0.2, -0.15) is 4.98 Å². The summed E-state index contributed by atoms with van der Waals surface area (Å²) in [6.07, 6.45) is 4.26. The zero-order chi connectivity index (χ0) is 22.2. The highest BCUT2D eigenvalue weighted by Gasteiger charge is 2.16. The Balaban J connectivity index is 1.62. The van der Waals surface area contributed by atoms with E-state index >= 15 is 0 Å². The molecule has 0 aliphatic heterocycles. The molecule has 2 heterocycles. The number of nitrogens with zero attached hydrogens (tertiary/aromatic N) is 3. The van der Waals surface area contributed by atoms with Crippen LogP contribution in [0.5, 0.6) is 0 Å². The van der Waals surface area contributed by atoms with Crippen molar-refractivity contribution >= 4 is 28.7 Å². The highest BCUT2D eigenvalue weighted by Crippen LogP contribution is 2.11. The van der Waals surface area contributed by atoms with Crippen molar-refractivity contribution in [2.45, 2.75) is 65.1 Å². The number of amides is 1. The van der Waals surface area contributed by atoms with Crippen molar-refractivity contribution in [3.63, 3.8) is 0 Å². The normalized spacial score (nSPS) is 11.2. The summed E-state index contributed by atoms with van der Waals surface area (Å²) < 4.78 is 2.73. The maximum Gasteiger partial charge on any atom is 0.332 e. The zero-order valence-corrected chi connectivity index (χ0v) is 18.5. The van der Waals surface area contributed by atoms with E-state index in [4.69, 9.17) is 11.6 Å². The van der Waals surface area contributed by atoms with Crippen molar-refractivity contribution in [1.82, 2.24) is 24.4 Å². The predicted octanol–water partition coefficient (Wildman–Crippen LogP) is 3.22. The van der Waals surface area contributed by atoms with Crippen LogP contribution in [0.15, 0.2) is 39.9 Å². The summed E-state index contributed by atoms with van der Waals surface area (Å²) in [6, 6.07) is 9.70. The Hall–Kier alpha value is -2.87. The number of nitrogens with one attached hydrogen (secondary N) is 2. The van der Waals surface area contributed by atoms with E-state index in [-0.39, 0.29) is 28.9 Å². The van der Waals surface area contributed by atoms with Gasteiger partial charge in [0.1, 0.15) is 0 Å². The van der Waals surface area contributed by atoms with Gasteiger partial charge >= 0.3 is 5.69 Å². The number of aromatic nitrogens is 4. The van der Waals surface area contributed by atoms with E-state index in [0.29, 0.717) is 38.0 Å². The fraction of sp³-hybridized carbons (Fsp3) is 0.455. The first kappa shape index (κ1) is 22.8. The van der Waals surface area contributed by atoms with Crippen LogP contribution in [-0.2, 0) is 24.4 Å². The summed E-state index contributed by atoms with van der Waals surface area (Å²) in [5.41, 5.74) is 0.761. The minimum atomic E-state index is -0.431. The quantitative estimate of drug-likeness (QED) is 0.349. The molecule has 3 aromatic rings. The lowest BCUT2D eigenvalue weighted by Gasteiger charge is -2.11. The lowest BCUT2D eigenvalue weighted by atomic mass is 10.2. The highest BCUT2D eigenvalue weighted by atomic mass is 35.5. The first-order valence-corrected chi connectivity index (χ1v) is 11.1. The van der Waals surface area contributed by atoms with Gasteiger partial charge in [0.2, 0.25) is 11.2 Å². The number of hydrogen-bond donors (Lipinski definition) is 2. The summed E-state index contributed by atoms with van der Waals surface area (Å²) in [6.45, 7) is 3.29. The number of carbonyl (C=O) groups excluding carboxylic acids is 1. The van der Waals surface area contributed by atoms with E-state index in [0.717, 1.165) is 24.8 Å². The fourth-order valence-corrected chi connectivity index (χ4v) is 3.67. The van der Waals surface area contributed by atoms with Crippen molar-refractivity contribution < 1.29 is 4.79 Å². The standard InChI is InChI=1S/C22H28ClN5O3/c1-2-3-8-13-27-19-18(25-21(23)26-19)20(30)28(22(27)31)14-9-7-12-17(29)24-15-16-10-5-4-6-11-16/h4-6,10-11H,2-3,7-9,12-15H2,1H3,(H,24,29)(H,25,26). The lowest BCUT2D eigenvalue weighted by molar-refractivity contribution is -0.121. The van der Waals surface area contributed by atoms with E-state index in [1.165, 1.54) is 9.13 Å². The van der Waals surface area contributed by atoms with Crippen molar-refractivity contribution in [1.29, 1.82) is 0 Å². The number of H-pyrrole nitrogens is 1. The molecule has 31 heavy (non-hydrogen) atoms. The maximum absolute atomic E-state index is 12.9. The van der Waals surface area contributed by atoms with Gasteiger partial charge in [-0.3, -0.25) is 18.7 Å². The number of benzene rings is 1. The van der Waals surface area contributed by atoms with Crippen molar-refractivity contribution in [3.05, 3.63) is 62.0 Å². The molecule has 3 rings (SSSR count). The third-order valence-corrected chi connectivity index (χ3v) is 5.36.